The van der Waals surface area contributed by atoms with Crippen LogP contribution in [0.4, 0.5) is 18.9 Å². The summed E-state index contributed by atoms with van der Waals surface area (Å²) >= 11 is 3.02. The first kappa shape index (κ1) is 14.8. The van der Waals surface area contributed by atoms with Gasteiger partial charge in [-0.25, -0.2) is 0 Å². The lowest BCUT2D eigenvalue weighted by molar-refractivity contribution is -0.147. The third-order valence-electron chi connectivity index (χ3n) is 3.14. The molecule has 1 aliphatic rings. The molecule has 0 unspecified atom stereocenters. The maximum absolute atomic E-state index is 12.6. The minimum atomic E-state index is -4.54. The number of carbonyl (C=O) groups is 2. The number of carboxylic acid groups (broad SMARTS) is 1. The van der Waals surface area contributed by atoms with Crippen LogP contribution in [0.3, 0.4) is 0 Å². The normalized spacial score (nSPS) is 16.6. The highest BCUT2D eigenvalue weighted by molar-refractivity contribution is 9.10. The van der Waals surface area contributed by atoms with E-state index in [9.17, 15) is 22.8 Å². The quantitative estimate of drug-likeness (QED) is 0.821. The third kappa shape index (κ3) is 2.65. The maximum atomic E-state index is 12.6. The standard InChI is InChI=1S/C12H9BrF3NO3/c13-7-2-1-6(12(14,15)16)5-8(7)17-9(18)11(3-4-11)10(19)20/h1-2,5H,3-4H2,(H,17,18)(H,19,20). The number of rotatable bonds is 3. The minimum absolute atomic E-state index is 0.0997. The summed E-state index contributed by atoms with van der Waals surface area (Å²) in [7, 11) is 0. The van der Waals surface area contributed by atoms with Gasteiger partial charge in [-0.3, -0.25) is 9.59 Å². The molecule has 0 aromatic heterocycles. The Balaban J connectivity index is 2.26. The first-order chi connectivity index (χ1) is 9.17. The number of halogens is 4. The molecule has 0 radical (unpaired) electrons. The molecule has 2 N–H and O–H groups in total. The molecule has 0 atom stereocenters. The Kier molecular flexibility index (Phi) is 3.53. The lowest BCUT2D eigenvalue weighted by atomic mass is 10.1. The second kappa shape index (κ2) is 4.76. The van der Waals surface area contributed by atoms with E-state index >= 15 is 0 Å². The van der Waals surface area contributed by atoms with Gasteiger partial charge in [0.2, 0.25) is 5.91 Å². The molecular formula is C12H9BrF3NO3. The van der Waals surface area contributed by atoms with Crippen molar-refractivity contribution in [3.05, 3.63) is 28.2 Å². The average Bonchev–Trinajstić information content (AvgIpc) is 3.11. The second-order valence-corrected chi connectivity index (χ2v) is 5.39. The topological polar surface area (TPSA) is 66.4 Å². The molecule has 0 aliphatic heterocycles. The van der Waals surface area contributed by atoms with Crippen molar-refractivity contribution in [3.8, 4) is 0 Å². The van der Waals surface area contributed by atoms with Crippen LogP contribution in [0.2, 0.25) is 0 Å². The molecule has 108 valence electrons. The van der Waals surface area contributed by atoms with Crippen LogP contribution in [-0.2, 0) is 15.8 Å². The van der Waals surface area contributed by atoms with Crippen LogP contribution in [0.15, 0.2) is 22.7 Å². The van der Waals surface area contributed by atoms with Crippen molar-refractivity contribution in [2.45, 2.75) is 19.0 Å². The first-order valence-corrected chi connectivity index (χ1v) is 6.38. The Labute approximate surface area is 120 Å². The number of hydrogen-bond donors (Lipinski definition) is 2. The highest BCUT2D eigenvalue weighted by Crippen LogP contribution is 2.47. The fraction of sp³-hybridized carbons (Fsp3) is 0.333. The molecule has 0 heterocycles. The zero-order valence-corrected chi connectivity index (χ0v) is 11.5. The molecule has 1 aliphatic carbocycles. The zero-order chi connectivity index (χ0) is 15.1. The van der Waals surface area contributed by atoms with E-state index in [0.717, 1.165) is 18.2 Å². The summed E-state index contributed by atoms with van der Waals surface area (Å²) in [5, 5.41) is 11.2. The van der Waals surface area contributed by atoms with Gasteiger partial charge in [-0.05, 0) is 47.0 Å². The summed E-state index contributed by atoms with van der Waals surface area (Å²) in [4.78, 5) is 22.8. The minimum Gasteiger partial charge on any atom is -0.480 e. The largest absolute Gasteiger partial charge is 0.480 e. The lowest BCUT2D eigenvalue weighted by Gasteiger charge is -2.14. The Morgan fingerprint density at radius 2 is 1.90 bits per heavy atom. The van der Waals surface area contributed by atoms with Gasteiger partial charge in [-0.1, -0.05) is 0 Å². The predicted molar refractivity (Wildman–Crippen MR) is 67.1 cm³/mol. The molecule has 1 saturated carbocycles. The van der Waals surface area contributed by atoms with Gasteiger partial charge >= 0.3 is 12.1 Å². The first-order valence-electron chi connectivity index (χ1n) is 5.58. The average molecular weight is 352 g/mol. The van der Waals surface area contributed by atoms with Crippen LogP contribution in [-0.4, -0.2) is 17.0 Å². The van der Waals surface area contributed by atoms with Crippen LogP contribution in [0.5, 0.6) is 0 Å². The third-order valence-corrected chi connectivity index (χ3v) is 3.83. The second-order valence-electron chi connectivity index (χ2n) is 4.53. The van der Waals surface area contributed by atoms with E-state index in [1.807, 2.05) is 0 Å². The summed E-state index contributed by atoms with van der Waals surface area (Å²) in [5.41, 5.74) is -2.53. The molecule has 0 spiro atoms. The number of alkyl halides is 3. The van der Waals surface area contributed by atoms with Crippen molar-refractivity contribution >= 4 is 33.5 Å². The molecule has 20 heavy (non-hydrogen) atoms. The number of nitrogens with one attached hydrogen (secondary N) is 1. The summed E-state index contributed by atoms with van der Waals surface area (Å²) < 4.78 is 38.0. The molecule has 8 heteroatoms. The van der Waals surface area contributed by atoms with E-state index in [4.69, 9.17) is 5.11 Å². The van der Waals surface area contributed by atoms with E-state index < -0.39 is 29.0 Å². The Morgan fingerprint density at radius 1 is 1.30 bits per heavy atom. The van der Waals surface area contributed by atoms with Crippen molar-refractivity contribution in [1.82, 2.24) is 0 Å². The number of carbonyl (C=O) groups excluding carboxylic acids is 1. The van der Waals surface area contributed by atoms with E-state index in [-0.39, 0.29) is 23.0 Å². The van der Waals surface area contributed by atoms with Crippen LogP contribution in [0, 0.1) is 5.41 Å². The summed E-state index contributed by atoms with van der Waals surface area (Å²) in [6, 6.07) is 2.78. The van der Waals surface area contributed by atoms with Crippen molar-refractivity contribution in [2.75, 3.05) is 5.32 Å². The van der Waals surface area contributed by atoms with Crippen molar-refractivity contribution in [3.63, 3.8) is 0 Å². The molecule has 1 aromatic rings. The van der Waals surface area contributed by atoms with Gasteiger partial charge in [0, 0.05) is 4.47 Å². The van der Waals surface area contributed by atoms with Crippen molar-refractivity contribution in [1.29, 1.82) is 0 Å². The molecule has 1 aromatic carbocycles. The maximum Gasteiger partial charge on any atom is 0.416 e. The Morgan fingerprint density at radius 3 is 2.35 bits per heavy atom. The highest BCUT2D eigenvalue weighted by Gasteiger charge is 2.57. The van der Waals surface area contributed by atoms with Gasteiger partial charge < -0.3 is 10.4 Å². The molecule has 4 nitrogen and oxygen atoms in total. The van der Waals surface area contributed by atoms with Gasteiger partial charge in [0.15, 0.2) is 0 Å². The van der Waals surface area contributed by atoms with Gasteiger partial charge in [0.25, 0.3) is 0 Å². The molecule has 1 fully saturated rings. The monoisotopic (exact) mass is 351 g/mol. The summed E-state index contributed by atoms with van der Waals surface area (Å²) in [6.45, 7) is 0. The number of hydrogen-bond acceptors (Lipinski definition) is 2. The van der Waals surface area contributed by atoms with Gasteiger partial charge in [0.1, 0.15) is 5.41 Å². The van der Waals surface area contributed by atoms with Gasteiger partial charge in [0.05, 0.1) is 11.3 Å². The molecule has 0 bridgehead atoms. The van der Waals surface area contributed by atoms with E-state index in [2.05, 4.69) is 21.2 Å². The number of amides is 1. The van der Waals surface area contributed by atoms with Crippen molar-refractivity contribution < 1.29 is 27.9 Å². The van der Waals surface area contributed by atoms with Crippen molar-refractivity contribution in [2.24, 2.45) is 5.41 Å². The summed E-state index contributed by atoms with van der Waals surface area (Å²) in [6.07, 6.45) is -4.17. The number of aliphatic carboxylic acids is 1. The zero-order valence-electron chi connectivity index (χ0n) is 9.92. The fourth-order valence-electron chi connectivity index (χ4n) is 1.70. The SMILES string of the molecule is O=C(O)C1(C(=O)Nc2cc(C(F)(F)F)ccc2Br)CC1. The van der Waals surface area contributed by atoms with Gasteiger partial charge in [-0.15, -0.1) is 0 Å². The Bertz CT molecular complexity index is 582. The highest BCUT2D eigenvalue weighted by atomic mass is 79.9. The van der Waals surface area contributed by atoms with E-state index in [1.54, 1.807) is 0 Å². The number of benzene rings is 1. The molecule has 2 rings (SSSR count). The summed E-state index contributed by atoms with van der Waals surface area (Å²) in [5.74, 6) is -2.07. The molecule has 1 amide bonds. The van der Waals surface area contributed by atoms with Crippen LogP contribution >= 0.6 is 15.9 Å². The van der Waals surface area contributed by atoms with Crippen LogP contribution < -0.4 is 5.32 Å². The number of carboxylic acids is 1. The van der Waals surface area contributed by atoms with E-state index in [0.29, 0.717) is 0 Å². The lowest BCUT2D eigenvalue weighted by Crippen LogP contribution is -2.31. The fourth-order valence-corrected chi connectivity index (χ4v) is 2.05. The smallest absolute Gasteiger partial charge is 0.416 e. The van der Waals surface area contributed by atoms with Gasteiger partial charge in [-0.2, -0.15) is 13.2 Å². The van der Waals surface area contributed by atoms with Crippen LogP contribution in [0.1, 0.15) is 18.4 Å². The predicted octanol–water partition coefficient (Wildman–Crippen LogP) is 3.27. The molecular weight excluding hydrogens is 343 g/mol. The van der Waals surface area contributed by atoms with E-state index in [1.165, 1.54) is 0 Å². The number of anilines is 1. The molecule has 0 saturated heterocycles. The Hall–Kier alpha value is -1.57. The van der Waals surface area contributed by atoms with Crippen LogP contribution in [0.25, 0.3) is 0 Å².